The van der Waals surface area contributed by atoms with Crippen LogP contribution < -0.4 is 5.73 Å². The number of hydrogen-bond acceptors (Lipinski definition) is 3. The number of carbonyl (C=O) groups excluding carboxylic acids is 1. The third-order valence-corrected chi connectivity index (χ3v) is 2.34. The Balaban J connectivity index is 2.74. The molecular weight excluding hydrogens is 202 g/mol. The average molecular weight is 221 g/mol. The van der Waals surface area contributed by atoms with Crippen molar-refractivity contribution in [3.8, 4) is 0 Å². The maximum atomic E-state index is 12.0. The van der Waals surface area contributed by atoms with Gasteiger partial charge in [-0.2, -0.15) is 0 Å². The summed E-state index contributed by atoms with van der Waals surface area (Å²) in [7, 11) is 0. The topological polar surface area (TPSA) is 59.2 Å². The predicted molar refractivity (Wildman–Crippen MR) is 63.6 cm³/mol. The van der Waals surface area contributed by atoms with E-state index in [1.165, 1.54) is 0 Å². The quantitative estimate of drug-likeness (QED) is 0.830. The highest BCUT2D eigenvalue weighted by Crippen LogP contribution is 2.09. The molecule has 4 nitrogen and oxygen atoms in total. The summed E-state index contributed by atoms with van der Waals surface area (Å²) in [5.74, 6) is -0.0354. The fourth-order valence-corrected chi connectivity index (χ4v) is 1.44. The number of pyridine rings is 1. The zero-order valence-electron chi connectivity index (χ0n) is 10.1. The first-order valence-corrected chi connectivity index (χ1v) is 5.42. The number of amides is 1. The van der Waals surface area contributed by atoms with E-state index in [1.54, 1.807) is 31.1 Å². The second kappa shape index (κ2) is 5.07. The summed E-state index contributed by atoms with van der Waals surface area (Å²) in [6, 6.07) is 3.80. The summed E-state index contributed by atoms with van der Waals surface area (Å²) < 4.78 is 0. The number of carbonyl (C=O) groups is 1. The minimum absolute atomic E-state index is 0.0354. The zero-order chi connectivity index (χ0) is 12.2. The molecule has 0 saturated carbocycles. The van der Waals surface area contributed by atoms with Crippen LogP contribution >= 0.6 is 0 Å². The van der Waals surface area contributed by atoms with E-state index in [0.29, 0.717) is 13.1 Å². The molecule has 1 aromatic heterocycles. The van der Waals surface area contributed by atoms with Gasteiger partial charge in [-0.1, -0.05) is 0 Å². The number of aromatic nitrogens is 1. The Morgan fingerprint density at radius 1 is 1.44 bits per heavy atom. The van der Waals surface area contributed by atoms with Crippen molar-refractivity contribution in [3.05, 3.63) is 30.1 Å². The first-order valence-electron chi connectivity index (χ1n) is 5.42. The van der Waals surface area contributed by atoms with Crippen LogP contribution in [0.3, 0.4) is 0 Å². The summed E-state index contributed by atoms with van der Waals surface area (Å²) in [6.45, 7) is 6.64. The van der Waals surface area contributed by atoms with Gasteiger partial charge in [0, 0.05) is 25.5 Å². The number of nitrogens with two attached hydrogens (primary N) is 1. The highest BCUT2D eigenvalue weighted by Gasteiger charge is 2.26. The number of nitrogens with zero attached hydrogens (tertiary/aromatic N) is 2. The monoisotopic (exact) mass is 221 g/mol. The van der Waals surface area contributed by atoms with Crippen LogP contribution in [0.15, 0.2) is 24.5 Å². The molecule has 0 atom stereocenters. The molecule has 0 radical (unpaired) electrons. The van der Waals surface area contributed by atoms with Gasteiger partial charge in [-0.15, -0.1) is 0 Å². The van der Waals surface area contributed by atoms with E-state index < -0.39 is 5.54 Å². The molecule has 1 aromatic rings. The second-order valence-electron chi connectivity index (χ2n) is 4.40. The van der Waals surface area contributed by atoms with Crippen molar-refractivity contribution in [1.82, 2.24) is 9.88 Å². The first-order chi connectivity index (χ1) is 7.45. The molecule has 0 unspecified atom stereocenters. The minimum Gasteiger partial charge on any atom is -0.337 e. The average Bonchev–Trinajstić information content (AvgIpc) is 2.25. The first kappa shape index (κ1) is 12.6. The van der Waals surface area contributed by atoms with E-state index in [1.807, 2.05) is 19.1 Å². The van der Waals surface area contributed by atoms with Crippen molar-refractivity contribution >= 4 is 5.91 Å². The summed E-state index contributed by atoms with van der Waals surface area (Å²) in [4.78, 5) is 17.7. The fourth-order valence-electron chi connectivity index (χ4n) is 1.44. The van der Waals surface area contributed by atoms with Crippen molar-refractivity contribution in [2.45, 2.75) is 32.9 Å². The molecule has 1 amide bonds. The highest BCUT2D eigenvalue weighted by molar-refractivity contribution is 5.85. The van der Waals surface area contributed by atoms with Gasteiger partial charge in [0.15, 0.2) is 0 Å². The van der Waals surface area contributed by atoms with Crippen molar-refractivity contribution in [1.29, 1.82) is 0 Å². The molecular formula is C12H19N3O. The number of rotatable bonds is 4. The number of likely N-dealkylation sites (N-methyl/N-ethyl adjacent to an activating group) is 1. The molecule has 0 aliphatic rings. The van der Waals surface area contributed by atoms with Crippen molar-refractivity contribution in [3.63, 3.8) is 0 Å². The van der Waals surface area contributed by atoms with Crippen LogP contribution in [0.2, 0.25) is 0 Å². The molecule has 0 fully saturated rings. The standard InChI is InChI=1S/C12H19N3O/c1-4-15(11(16)12(2,3)13)9-10-5-7-14-8-6-10/h5-8H,4,9,13H2,1-3H3. The Hall–Kier alpha value is -1.42. The van der Waals surface area contributed by atoms with Crippen molar-refractivity contribution in [2.75, 3.05) is 6.54 Å². The van der Waals surface area contributed by atoms with E-state index >= 15 is 0 Å². The Morgan fingerprint density at radius 2 is 2.00 bits per heavy atom. The normalized spacial score (nSPS) is 11.2. The lowest BCUT2D eigenvalue weighted by atomic mass is 10.1. The van der Waals surface area contributed by atoms with Gasteiger partial charge in [-0.05, 0) is 38.5 Å². The van der Waals surface area contributed by atoms with Crippen LogP contribution in [0.4, 0.5) is 0 Å². The molecule has 0 aliphatic carbocycles. The lowest BCUT2D eigenvalue weighted by molar-refractivity contribution is -0.136. The Kier molecular flexibility index (Phi) is 4.01. The largest absolute Gasteiger partial charge is 0.337 e. The zero-order valence-corrected chi connectivity index (χ0v) is 10.1. The molecule has 2 N–H and O–H groups in total. The molecule has 1 rings (SSSR count). The Labute approximate surface area is 96.5 Å². The van der Waals surface area contributed by atoms with E-state index in [0.717, 1.165) is 5.56 Å². The summed E-state index contributed by atoms with van der Waals surface area (Å²) in [5, 5.41) is 0. The van der Waals surface area contributed by atoms with Gasteiger partial charge in [0.2, 0.25) is 5.91 Å². The van der Waals surface area contributed by atoms with Gasteiger partial charge < -0.3 is 10.6 Å². The van der Waals surface area contributed by atoms with Crippen LogP contribution in [0.1, 0.15) is 26.3 Å². The third-order valence-electron chi connectivity index (χ3n) is 2.34. The summed E-state index contributed by atoms with van der Waals surface area (Å²) >= 11 is 0. The van der Waals surface area contributed by atoms with E-state index in [9.17, 15) is 4.79 Å². The molecule has 0 aliphatic heterocycles. The highest BCUT2D eigenvalue weighted by atomic mass is 16.2. The maximum Gasteiger partial charge on any atom is 0.242 e. The molecule has 16 heavy (non-hydrogen) atoms. The molecule has 0 spiro atoms. The summed E-state index contributed by atoms with van der Waals surface area (Å²) in [6.07, 6.45) is 3.45. The van der Waals surface area contributed by atoms with Crippen LogP contribution in [0.5, 0.6) is 0 Å². The Morgan fingerprint density at radius 3 is 2.44 bits per heavy atom. The van der Waals surface area contributed by atoms with Gasteiger partial charge in [-0.25, -0.2) is 0 Å². The Bertz CT molecular complexity index is 343. The van der Waals surface area contributed by atoms with Gasteiger partial charge >= 0.3 is 0 Å². The lowest BCUT2D eigenvalue weighted by Crippen LogP contribution is -2.50. The van der Waals surface area contributed by atoms with E-state index in [2.05, 4.69) is 4.98 Å². The van der Waals surface area contributed by atoms with E-state index in [-0.39, 0.29) is 5.91 Å². The second-order valence-corrected chi connectivity index (χ2v) is 4.40. The molecule has 4 heteroatoms. The van der Waals surface area contributed by atoms with Gasteiger partial charge in [0.1, 0.15) is 0 Å². The molecule has 1 heterocycles. The van der Waals surface area contributed by atoms with Crippen LogP contribution in [-0.2, 0) is 11.3 Å². The SMILES string of the molecule is CCN(Cc1ccncc1)C(=O)C(C)(C)N. The van der Waals surface area contributed by atoms with Gasteiger partial charge in [0.05, 0.1) is 5.54 Å². The van der Waals surface area contributed by atoms with E-state index in [4.69, 9.17) is 5.73 Å². The van der Waals surface area contributed by atoms with Crippen molar-refractivity contribution in [2.24, 2.45) is 5.73 Å². The van der Waals surface area contributed by atoms with Crippen LogP contribution in [0.25, 0.3) is 0 Å². The summed E-state index contributed by atoms with van der Waals surface area (Å²) in [5.41, 5.74) is 6.05. The van der Waals surface area contributed by atoms with Gasteiger partial charge in [0.25, 0.3) is 0 Å². The van der Waals surface area contributed by atoms with Crippen LogP contribution in [0, 0.1) is 0 Å². The minimum atomic E-state index is -0.816. The molecule has 0 aromatic carbocycles. The smallest absolute Gasteiger partial charge is 0.242 e. The number of hydrogen-bond donors (Lipinski definition) is 1. The third kappa shape index (κ3) is 3.31. The lowest BCUT2D eigenvalue weighted by Gasteiger charge is -2.28. The fraction of sp³-hybridized carbons (Fsp3) is 0.500. The van der Waals surface area contributed by atoms with Gasteiger partial charge in [-0.3, -0.25) is 9.78 Å². The maximum absolute atomic E-state index is 12.0. The molecule has 0 saturated heterocycles. The molecule has 0 bridgehead atoms. The molecule has 88 valence electrons. The van der Waals surface area contributed by atoms with Crippen molar-refractivity contribution < 1.29 is 4.79 Å². The predicted octanol–water partition coefficient (Wildman–Crippen LogP) is 1.17. The van der Waals surface area contributed by atoms with Crippen LogP contribution in [-0.4, -0.2) is 27.9 Å².